The SMILES string of the molecule is CCCCCCOC(=O)C1(SOOO)CC(=O)OCC1(CC)CCCC. The number of carbonyl (C=O) groups is 2. The molecule has 1 saturated heterocycles. The molecule has 1 N–H and O–H groups in total. The highest BCUT2D eigenvalue weighted by molar-refractivity contribution is 7.96. The van der Waals surface area contributed by atoms with Crippen LogP contribution in [-0.2, 0) is 28.4 Å². The highest BCUT2D eigenvalue weighted by Crippen LogP contribution is 2.54. The van der Waals surface area contributed by atoms with Gasteiger partial charge in [0.25, 0.3) is 0 Å². The summed E-state index contributed by atoms with van der Waals surface area (Å²) in [6.45, 7) is 6.55. The molecule has 0 amide bonds. The normalized spacial score (nSPS) is 25.8. The molecule has 152 valence electrons. The molecule has 1 heterocycles. The second kappa shape index (κ2) is 11.8. The fourth-order valence-electron chi connectivity index (χ4n) is 3.45. The lowest BCUT2D eigenvalue weighted by atomic mass is 9.67. The van der Waals surface area contributed by atoms with Gasteiger partial charge in [0, 0.05) is 5.41 Å². The van der Waals surface area contributed by atoms with Crippen LogP contribution in [0.5, 0.6) is 0 Å². The fraction of sp³-hybridized carbons (Fsp3) is 0.889. The molecule has 2 atom stereocenters. The van der Waals surface area contributed by atoms with E-state index < -0.39 is 22.1 Å². The molecule has 0 saturated carbocycles. The van der Waals surface area contributed by atoms with Crippen LogP contribution in [0.1, 0.15) is 78.6 Å². The first-order chi connectivity index (χ1) is 12.5. The van der Waals surface area contributed by atoms with Crippen molar-refractivity contribution in [3.63, 3.8) is 0 Å². The molecule has 26 heavy (non-hydrogen) atoms. The first-order valence-electron chi connectivity index (χ1n) is 9.50. The van der Waals surface area contributed by atoms with Crippen molar-refractivity contribution in [2.45, 2.75) is 83.3 Å². The Hall–Kier alpha value is -0.830. The van der Waals surface area contributed by atoms with Gasteiger partial charge < -0.3 is 9.47 Å². The van der Waals surface area contributed by atoms with Crippen molar-refractivity contribution in [3.8, 4) is 0 Å². The molecule has 1 rings (SSSR count). The van der Waals surface area contributed by atoms with E-state index in [1.165, 1.54) is 0 Å². The van der Waals surface area contributed by atoms with Crippen LogP contribution in [0, 0.1) is 5.41 Å². The van der Waals surface area contributed by atoms with Crippen LogP contribution in [0.25, 0.3) is 0 Å². The monoisotopic (exact) mass is 392 g/mol. The minimum atomic E-state index is -1.31. The molecular formula is C18H32O7S. The van der Waals surface area contributed by atoms with E-state index >= 15 is 0 Å². The predicted molar refractivity (Wildman–Crippen MR) is 98.0 cm³/mol. The van der Waals surface area contributed by atoms with Gasteiger partial charge in [-0.25, -0.2) is 5.26 Å². The van der Waals surface area contributed by atoms with Crippen molar-refractivity contribution in [1.29, 1.82) is 0 Å². The molecule has 0 spiro atoms. The summed E-state index contributed by atoms with van der Waals surface area (Å²) in [6, 6.07) is 0. The van der Waals surface area contributed by atoms with Crippen molar-refractivity contribution in [2.24, 2.45) is 5.41 Å². The van der Waals surface area contributed by atoms with E-state index in [9.17, 15) is 9.59 Å². The average Bonchev–Trinajstić information content (AvgIpc) is 2.65. The summed E-state index contributed by atoms with van der Waals surface area (Å²) in [5.41, 5.74) is -0.638. The smallest absolute Gasteiger partial charge is 0.326 e. The molecule has 8 heteroatoms. The first kappa shape index (κ1) is 23.2. The third-order valence-electron chi connectivity index (χ3n) is 5.21. The number of cyclic esters (lactones) is 1. The predicted octanol–water partition coefficient (Wildman–Crippen LogP) is 4.45. The number of carbonyl (C=O) groups excluding carboxylic acids is 2. The average molecular weight is 393 g/mol. The Labute approximate surface area is 160 Å². The lowest BCUT2D eigenvalue weighted by Gasteiger charge is -2.48. The standard InChI is InChI=1S/C18H32O7S/c1-4-7-9-10-12-22-16(20)18(26-25-24-21)13-15(19)23-14-17(18,6-3)11-8-5-2/h21H,4-14H2,1-3H3. The molecule has 0 aromatic heterocycles. The molecule has 0 bridgehead atoms. The first-order valence-corrected chi connectivity index (χ1v) is 10.2. The van der Waals surface area contributed by atoms with Gasteiger partial charge in [-0.05, 0) is 19.3 Å². The summed E-state index contributed by atoms with van der Waals surface area (Å²) in [7, 11) is 0. The topological polar surface area (TPSA) is 91.3 Å². The third-order valence-corrected chi connectivity index (χ3v) is 6.37. The molecule has 0 aromatic rings. The number of esters is 2. The van der Waals surface area contributed by atoms with E-state index in [1.54, 1.807) is 0 Å². The van der Waals surface area contributed by atoms with Gasteiger partial charge in [0.05, 0.1) is 31.7 Å². The Morgan fingerprint density at radius 2 is 1.92 bits per heavy atom. The molecule has 0 aliphatic carbocycles. The summed E-state index contributed by atoms with van der Waals surface area (Å²) in [5.74, 6) is -0.992. The van der Waals surface area contributed by atoms with Crippen molar-refractivity contribution in [2.75, 3.05) is 13.2 Å². The highest BCUT2D eigenvalue weighted by atomic mass is 32.2. The molecule has 2 unspecified atom stereocenters. The van der Waals surface area contributed by atoms with Crippen LogP contribution in [0.3, 0.4) is 0 Å². The summed E-state index contributed by atoms with van der Waals surface area (Å²) in [4.78, 5) is 25.1. The molecule has 0 radical (unpaired) electrons. The summed E-state index contributed by atoms with van der Waals surface area (Å²) in [5, 5.41) is 12.4. The van der Waals surface area contributed by atoms with Crippen LogP contribution in [-0.4, -0.2) is 35.2 Å². The van der Waals surface area contributed by atoms with Gasteiger partial charge in [0.1, 0.15) is 0 Å². The van der Waals surface area contributed by atoms with Crippen LogP contribution < -0.4 is 0 Å². The Bertz CT molecular complexity index is 445. The molecular weight excluding hydrogens is 360 g/mol. The summed E-state index contributed by atoms with van der Waals surface area (Å²) >= 11 is 0.659. The lowest BCUT2D eigenvalue weighted by Crippen LogP contribution is -2.59. The lowest BCUT2D eigenvalue weighted by molar-refractivity contribution is -0.432. The van der Waals surface area contributed by atoms with Crippen LogP contribution in [0.4, 0.5) is 0 Å². The Morgan fingerprint density at radius 1 is 1.19 bits per heavy atom. The van der Waals surface area contributed by atoms with Crippen LogP contribution >= 0.6 is 12.0 Å². The van der Waals surface area contributed by atoms with Gasteiger partial charge in [-0.1, -0.05) is 57.9 Å². The number of ether oxygens (including phenoxy) is 2. The van der Waals surface area contributed by atoms with Gasteiger partial charge in [-0.15, -0.1) is 4.33 Å². The highest BCUT2D eigenvalue weighted by Gasteiger charge is 2.62. The second-order valence-electron chi connectivity index (χ2n) is 6.82. The zero-order valence-electron chi connectivity index (χ0n) is 16.1. The van der Waals surface area contributed by atoms with Gasteiger partial charge >= 0.3 is 11.9 Å². The zero-order chi connectivity index (χ0) is 19.5. The van der Waals surface area contributed by atoms with E-state index in [-0.39, 0.29) is 13.0 Å². The quantitative estimate of drug-likeness (QED) is 0.162. The Kier molecular flexibility index (Phi) is 10.5. The van der Waals surface area contributed by atoms with Crippen molar-refractivity contribution in [1.82, 2.24) is 0 Å². The van der Waals surface area contributed by atoms with Crippen molar-refractivity contribution in [3.05, 3.63) is 0 Å². The van der Waals surface area contributed by atoms with Crippen molar-refractivity contribution < 1.29 is 33.7 Å². The zero-order valence-corrected chi connectivity index (χ0v) is 16.9. The molecule has 1 fully saturated rings. The minimum absolute atomic E-state index is 0.120. The Balaban J connectivity index is 3.03. The largest absolute Gasteiger partial charge is 0.465 e. The van der Waals surface area contributed by atoms with E-state index in [0.29, 0.717) is 31.5 Å². The van der Waals surface area contributed by atoms with Gasteiger partial charge in [-0.3, -0.25) is 9.59 Å². The van der Waals surface area contributed by atoms with Gasteiger partial charge in [0.2, 0.25) is 0 Å². The van der Waals surface area contributed by atoms with E-state index in [2.05, 4.69) is 18.9 Å². The number of hydrogen-bond donors (Lipinski definition) is 1. The van der Waals surface area contributed by atoms with Crippen molar-refractivity contribution >= 4 is 24.0 Å². The minimum Gasteiger partial charge on any atom is -0.465 e. The molecule has 0 aromatic carbocycles. The van der Waals surface area contributed by atoms with Crippen LogP contribution in [0.15, 0.2) is 0 Å². The number of unbranched alkanes of at least 4 members (excludes halogenated alkanes) is 4. The van der Waals surface area contributed by atoms with Gasteiger partial charge in [0.15, 0.2) is 4.75 Å². The Morgan fingerprint density at radius 3 is 2.54 bits per heavy atom. The van der Waals surface area contributed by atoms with E-state index in [4.69, 9.17) is 19.1 Å². The molecule has 1 aliphatic rings. The van der Waals surface area contributed by atoms with E-state index in [0.717, 1.165) is 38.5 Å². The molecule has 7 nitrogen and oxygen atoms in total. The maximum atomic E-state index is 13.1. The number of hydrogen-bond acceptors (Lipinski definition) is 8. The van der Waals surface area contributed by atoms with Crippen LogP contribution in [0.2, 0.25) is 0 Å². The summed E-state index contributed by atoms with van der Waals surface area (Å²) < 4.78 is 14.2. The molecule has 1 aliphatic heterocycles. The maximum absolute atomic E-state index is 13.1. The fourth-order valence-corrected chi connectivity index (χ4v) is 4.39. The van der Waals surface area contributed by atoms with Gasteiger partial charge in [-0.2, -0.15) is 0 Å². The number of rotatable bonds is 13. The summed E-state index contributed by atoms with van der Waals surface area (Å²) in [6.07, 6.45) is 6.86. The van der Waals surface area contributed by atoms with E-state index in [1.807, 2.05) is 6.92 Å². The second-order valence-corrected chi connectivity index (χ2v) is 7.82. The maximum Gasteiger partial charge on any atom is 0.326 e. The third kappa shape index (κ3) is 5.58.